The molecule has 0 fully saturated rings. The second-order valence-electron chi connectivity index (χ2n) is 6.93. The van der Waals surface area contributed by atoms with E-state index < -0.39 is 0 Å². The van der Waals surface area contributed by atoms with Gasteiger partial charge in [-0.15, -0.1) is 0 Å². The van der Waals surface area contributed by atoms with E-state index in [-0.39, 0.29) is 17.9 Å². The number of fused-ring (bicyclic) bond motifs is 2. The number of aromatic nitrogens is 6. The SMILES string of the molecule is Cc1cccc2nc(CNc3ncnc4nc[nH]c34)n(Nc3ccc(F)cc3)c(=O)c12. The quantitative estimate of drug-likeness (QED) is 0.404. The van der Waals surface area contributed by atoms with E-state index in [1.807, 2.05) is 19.1 Å². The number of hydrogen-bond acceptors (Lipinski definition) is 7. The van der Waals surface area contributed by atoms with Gasteiger partial charge in [-0.05, 0) is 42.8 Å². The molecule has 0 saturated heterocycles. The number of anilines is 2. The van der Waals surface area contributed by atoms with E-state index in [9.17, 15) is 9.18 Å². The monoisotopic (exact) mass is 416 g/mol. The molecule has 5 rings (SSSR count). The number of nitrogens with zero attached hydrogens (tertiary/aromatic N) is 5. The van der Waals surface area contributed by atoms with Crippen LogP contribution in [0, 0.1) is 12.7 Å². The summed E-state index contributed by atoms with van der Waals surface area (Å²) in [5, 5.41) is 3.70. The Morgan fingerprint density at radius 3 is 2.77 bits per heavy atom. The van der Waals surface area contributed by atoms with Gasteiger partial charge in [0.05, 0.1) is 29.5 Å². The first-order valence-electron chi connectivity index (χ1n) is 9.52. The Labute approximate surface area is 175 Å². The molecule has 0 unspecified atom stereocenters. The fourth-order valence-electron chi connectivity index (χ4n) is 3.39. The smallest absolute Gasteiger partial charge is 0.280 e. The van der Waals surface area contributed by atoms with Crippen molar-refractivity contribution in [2.75, 3.05) is 10.7 Å². The zero-order valence-corrected chi connectivity index (χ0v) is 16.4. The summed E-state index contributed by atoms with van der Waals surface area (Å²) in [5.74, 6) is 0.604. The van der Waals surface area contributed by atoms with E-state index >= 15 is 0 Å². The number of halogens is 1. The van der Waals surface area contributed by atoms with Crippen molar-refractivity contribution in [3.8, 4) is 0 Å². The van der Waals surface area contributed by atoms with Crippen LogP contribution in [0.3, 0.4) is 0 Å². The number of H-pyrrole nitrogens is 1. The van der Waals surface area contributed by atoms with Crippen LogP contribution in [0.1, 0.15) is 11.4 Å². The summed E-state index contributed by atoms with van der Waals surface area (Å²) in [6, 6.07) is 11.3. The maximum Gasteiger partial charge on any atom is 0.280 e. The molecule has 0 bridgehead atoms. The highest BCUT2D eigenvalue weighted by Gasteiger charge is 2.14. The van der Waals surface area contributed by atoms with E-state index in [1.165, 1.54) is 29.5 Å². The van der Waals surface area contributed by atoms with Crippen LogP contribution in [0.4, 0.5) is 15.9 Å². The van der Waals surface area contributed by atoms with Gasteiger partial charge >= 0.3 is 0 Å². The second kappa shape index (κ2) is 7.48. The second-order valence-corrected chi connectivity index (χ2v) is 6.93. The van der Waals surface area contributed by atoms with Gasteiger partial charge in [-0.1, -0.05) is 12.1 Å². The average molecular weight is 416 g/mol. The van der Waals surface area contributed by atoms with Crippen LogP contribution in [0.15, 0.2) is 59.9 Å². The van der Waals surface area contributed by atoms with Crippen LogP contribution in [0.5, 0.6) is 0 Å². The number of rotatable bonds is 5. The Morgan fingerprint density at radius 2 is 1.94 bits per heavy atom. The van der Waals surface area contributed by atoms with Gasteiger partial charge < -0.3 is 10.3 Å². The molecule has 154 valence electrons. The Morgan fingerprint density at radius 1 is 1.10 bits per heavy atom. The minimum Gasteiger partial charge on any atom is -0.361 e. The fourth-order valence-corrected chi connectivity index (χ4v) is 3.39. The standard InChI is InChI=1S/C21H17FN8O/c1-12-3-2-4-15-17(12)21(31)30(29-14-7-5-13(22)6-8-14)16(28-15)9-23-19-18-20(25-10-24-18)27-11-26-19/h2-8,10-11,29H,9H2,1H3,(H2,23,24,25,26,27). The number of aromatic amines is 1. The first-order valence-corrected chi connectivity index (χ1v) is 9.52. The fraction of sp³-hybridized carbons (Fsp3) is 0.0952. The number of imidazole rings is 1. The zero-order valence-electron chi connectivity index (χ0n) is 16.4. The van der Waals surface area contributed by atoms with Gasteiger partial charge in [0.1, 0.15) is 17.7 Å². The molecule has 9 nitrogen and oxygen atoms in total. The van der Waals surface area contributed by atoms with E-state index in [4.69, 9.17) is 0 Å². The van der Waals surface area contributed by atoms with Crippen molar-refractivity contribution in [2.24, 2.45) is 0 Å². The largest absolute Gasteiger partial charge is 0.361 e. The van der Waals surface area contributed by atoms with Crippen LogP contribution in [0.25, 0.3) is 22.1 Å². The molecule has 0 atom stereocenters. The summed E-state index contributed by atoms with van der Waals surface area (Å²) >= 11 is 0. The molecule has 0 saturated carbocycles. The third-order valence-electron chi connectivity index (χ3n) is 4.90. The molecule has 0 amide bonds. The van der Waals surface area contributed by atoms with Crippen molar-refractivity contribution in [3.63, 3.8) is 0 Å². The van der Waals surface area contributed by atoms with Gasteiger partial charge in [-0.25, -0.2) is 29.0 Å². The topological polar surface area (TPSA) is 113 Å². The van der Waals surface area contributed by atoms with Gasteiger partial charge in [-0.2, -0.15) is 0 Å². The summed E-state index contributed by atoms with van der Waals surface area (Å²) in [5.41, 5.74) is 5.93. The first-order chi connectivity index (χ1) is 15.1. The molecule has 0 aliphatic heterocycles. The number of aryl methyl sites for hydroxylation is 1. The molecule has 5 aromatic rings. The minimum atomic E-state index is -0.361. The van der Waals surface area contributed by atoms with Crippen molar-refractivity contribution < 1.29 is 4.39 Å². The van der Waals surface area contributed by atoms with Gasteiger partial charge in [0.15, 0.2) is 17.3 Å². The Balaban J connectivity index is 1.59. The van der Waals surface area contributed by atoms with Gasteiger partial charge in [0, 0.05) is 0 Å². The minimum absolute atomic E-state index is 0.193. The maximum absolute atomic E-state index is 13.3. The molecule has 0 aliphatic carbocycles. The number of benzene rings is 2. The number of hydrogen-bond donors (Lipinski definition) is 3. The summed E-state index contributed by atoms with van der Waals surface area (Å²) < 4.78 is 14.7. The molecule has 0 radical (unpaired) electrons. The van der Waals surface area contributed by atoms with Crippen molar-refractivity contribution >= 4 is 33.6 Å². The summed E-state index contributed by atoms with van der Waals surface area (Å²) in [6.07, 6.45) is 2.94. The lowest BCUT2D eigenvalue weighted by Gasteiger charge is -2.17. The number of nitrogens with one attached hydrogen (secondary N) is 3. The third kappa shape index (κ3) is 3.44. The molecule has 31 heavy (non-hydrogen) atoms. The molecule has 3 aromatic heterocycles. The van der Waals surface area contributed by atoms with E-state index in [0.717, 1.165) is 5.56 Å². The summed E-state index contributed by atoms with van der Waals surface area (Å²) in [4.78, 5) is 33.5. The Bertz CT molecular complexity index is 1460. The molecule has 0 aliphatic rings. The van der Waals surface area contributed by atoms with E-state index in [1.54, 1.807) is 18.2 Å². The van der Waals surface area contributed by atoms with Crippen LogP contribution in [-0.4, -0.2) is 29.6 Å². The van der Waals surface area contributed by atoms with E-state index in [0.29, 0.717) is 39.4 Å². The average Bonchev–Trinajstić information content (AvgIpc) is 3.25. The molecule has 0 spiro atoms. The molecule has 10 heteroatoms. The Kier molecular flexibility index (Phi) is 4.51. The van der Waals surface area contributed by atoms with Crippen molar-refractivity contribution in [1.82, 2.24) is 29.6 Å². The van der Waals surface area contributed by atoms with Gasteiger partial charge in [-0.3, -0.25) is 10.2 Å². The predicted molar refractivity (Wildman–Crippen MR) is 115 cm³/mol. The molecule has 2 aromatic carbocycles. The first kappa shape index (κ1) is 18.7. The zero-order chi connectivity index (χ0) is 21.4. The van der Waals surface area contributed by atoms with E-state index in [2.05, 4.69) is 35.7 Å². The highest BCUT2D eigenvalue weighted by atomic mass is 19.1. The summed E-state index contributed by atoms with van der Waals surface area (Å²) in [7, 11) is 0. The van der Waals surface area contributed by atoms with Crippen molar-refractivity contribution in [1.29, 1.82) is 0 Å². The lowest BCUT2D eigenvalue weighted by Crippen LogP contribution is -2.32. The highest BCUT2D eigenvalue weighted by molar-refractivity contribution is 5.82. The lowest BCUT2D eigenvalue weighted by atomic mass is 10.1. The molecular formula is C21H17FN8O. The molecular weight excluding hydrogens is 399 g/mol. The molecule has 3 N–H and O–H groups in total. The summed E-state index contributed by atoms with van der Waals surface area (Å²) in [6.45, 7) is 2.06. The highest BCUT2D eigenvalue weighted by Crippen LogP contribution is 2.17. The van der Waals surface area contributed by atoms with Crippen LogP contribution in [0.2, 0.25) is 0 Å². The predicted octanol–water partition coefficient (Wildman–Crippen LogP) is 3.00. The van der Waals surface area contributed by atoms with Crippen LogP contribution >= 0.6 is 0 Å². The van der Waals surface area contributed by atoms with Crippen LogP contribution in [-0.2, 0) is 6.54 Å². The molecule has 3 heterocycles. The maximum atomic E-state index is 13.3. The van der Waals surface area contributed by atoms with Gasteiger partial charge in [0.25, 0.3) is 5.56 Å². The van der Waals surface area contributed by atoms with Gasteiger partial charge in [0.2, 0.25) is 0 Å². The Hall–Kier alpha value is -4.34. The normalized spacial score (nSPS) is 11.2. The van der Waals surface area contributed by atoms with Crippen molar-refractivity contribution in [3.05, 3.63) is 82.7 Å². The lowest BCUT2D eigenvalue weighted by molar-refractivity contribution is 0.628. The van der Waals surface area contributed by atoms with Crippen LogP contribution < -0.4 is 16.3 Å². The third-order valence-corrected chi connectivity index (χ3v) is 4.90. The van der Waals surface area contributed by atoms with Crippen molar-refractivity contribution in [2.45, 2.75) is 13.5 Å².